The van der Waals surface area contributed by atoms with Crippen LogP contribution in [0.4, 0.5) is 0 Å². The summed E-state index contributed by atoms with van der Waals surface area (Å²) < 4.78 is 10.8. The van der Waals surface area contributed by atoms with Crippen LogP contribution in [0.2, 0.25) is 0 Å². The van der Waals surface area contributed by atoms with E-state index in [0.717, 1.165) is 26.2 Å². The Kier molecular flexibility index (Phi) is 6.32. The fraction of sp³-hybridized carbons (Fsp3) is 0.650. The first-order chi connectivity index (χ1) is 12.2. The first kappa shape index (κ1) is 18.2. The second kappa shape index (κ2) is 8.68. The van der Waals surface area contributed by atoms with Crippen molar-refractivity contribution in [1.29, 1.82) is 0 Å². The van der Waals surface area contributed by atoms with E-state index < -0.39 is 0 Å². The Labute approximate surface area is 150 Å². The molecule has 3 rings (SSSR count). The summed E-state index contributed by atoms with van der Waals surface area (Å²) >= 11 is 0. The molecule has 2 fully saturated rings. The van der Waals surface area contributed by atoms with E-state index >= 15 is 0 Å². The Morgan fingerprint density at radius 1 is 1.16 bits per heavy atom. The predicted molar refractivity (Wildman–Crippen MR) is 98.1 cm³/mol. The third-order valence-corrected chi connectivity index (χ3v) is 5.42. The molecule has 0 amide bonds. The minimum atomic E-state index is -0.322. The van der Waals surface area contributed by atoms with Gasteiger partial charge in [0.25, 0.3) is 0 Å². The van der Waals surface area contributed by atoms with E-state index in [1.165, 1.54) is 44.6 Å². The molecule has 1 atom stereocenters. The molecule has 1 aromatic carbocycles. The number of carbonyl (C=O) groups is 1. The van der Waals surface area contributed by atoms with Gasteiger partial charge < -0.3 is 14.8 Å². The predicted octanol–water partition coefficient (Wildman–Crippen LogP) is 3.15. The van der Waals surface area contributed by atoms with E-state index in [-0.39, 0.29) is 5.97 Å². The average molecular weight is 346 g/mol. The molecule has 0 unspecified atom stereocenters. The number of rotatable bonds is 5. The number of esters is 1. The van der Waals surface area contributed by atoms with Crippen molar-refractivity contribution in [1.82, 2.24) is 10.2 Å². The Balaban J connectivity index is 1.89. The summed E-state index contributed by atoms with van der Waals surface area (Å²) in [5.74, 6) is 1.51. The van der Waals surface area contributed by atoms with Gasteiger partial charge in [0.15, 0.2) is 11.5 Å². The number of piperazine rings is 1. The van der Waals surface area contributed by atoms with Gasteiger partial charge in [0.05, 0.1) is 7.11 Å². The van der Waals surface area contributed by atoms with E-state index in [9.17, 15) is 4.79 Å². The van der Waals surface area contributed by atoms with Crippen LogP contribution in [0.25, 0.3) is 0 Å². The van der Waals surface area contributed by atoms with Crippen molar-refractivity contribution in [2.75, 3.05) is 33.3 Å². The topological polar surface area (TPSA) is 50.8 Å². The summed E-state index contributed by atoms with van der Waals surface area (Å²) in [6.45, 7) is 5.67. The third kappa shape index (κ3) is 4.53. The van der Waals surface area contributed by atoms with Gasteiger partial charge >= 0.3 is 5.97 Å². The van der Waals surface area contributed by atoms with Gasteiger partial charge in [-0.3, -0.25) is 9.69 Å². The van der Waals surface area contributed by atoms with Crippen LogP contribution < -0.4 is 14.8 Å². The molecule has 0 aromatic heterocycles. The zero-order valence-corrected chi connectivity index (χ0v) is 15.4. The fourth-order valence-corrected chi connectivity index (χ4v) is 4.30. The van der Waals surface area contributed by atoms with Gasteiger partial charge in [-0.2, -0.15) is 0 Å². The summed E-state index contributed by atoms with van der Waals surface area (Å²) in [4.78, 5) is 13.9. The highest BCUT2D eigenvalue weighted by atomic mass is 16.6. The van der Waals surface area contributed by atoms with Gasteiger partial charge in [-0.15, -0.1) is 0 Å². The first-order valence-electron chi connectivity index (χ1n) is 9.50. The molecule has 25 heavy (non-hydrogen) atoms. The number of nitrogens with one attached hydrogen (secondary N) is 1. The Morgan fingerprint density at radius 3 is 2.52 bits per heavy atom. The monoisotopic (exact) mass is 346 g/mol. The molecular formula is C20H30N2O3. The zero-order valence-electron chi connectivity index (χ0n) is 15.4. The summed E-state index contributed by atoms with van der Waals surface area (Å²) in [7, 11) is 1.63. The van der Waals surface area contributed by atoms with Crippen LogP contribution in [0.5, 0.6) is 11.5 Å². The number of carbonyl (C=O) groups excluding carboxylic acids is 1. The standard InChI is InChI=1S/C20H30N2O3/c1-15(23)25-18-9-8-17(14-19(18)24-2)20(16-6-4-3-5-7-16)22-12-10-21-11-13-22/h8-9,14,16,20-21H,3-7,10-13H2,1-2H3/t20-/m0/s1. The number of benzene rings is 1. The van der Waals surface area contributed by atoms with Crippen LogP contribution in [0.15, 0.2) is 18.2 Å². The summed E-state index contributed by atoms with van der Waals surface area (Å²) in [6, 6.07) is 6.48. The van der Waals surface area contributed by atoms with Crippen LogP contribution in [-0.2, 0) is 4.79 Å². The highest BCUT2D eigenvalue weighted by molar-refractivity contribution is 5.70. The van der Waals surface area contributed by atoms with Crippen molar-refractivity contribution in [3.8, 4) is 11.5 Å². The maximum atomic E-state index is 11.3. The lowest BCUT2D eigenvalue weighted by Crippen LogP contribution is -2.47. The van der Waals surface area contributed by atoms with Gasteiger partial charge in [-0.1, -0.05) is 25.3 Å². The van der Waals surface area contributed by atoms with E-state index in [1.54, 1.807) is 7.11 Å². The van der Waals surface area contributed by atoms with Crippen molar-refractivity contribution in [2.24, 2.45) is 5.92 Å². The smallest absolute Gasteiger partial charge is 0.308 e. The summed E-state index contributed by atoms with van der Waals surface area (Å²) in [5.41, 5.74) is 1.28. The molecule has 0 radical (unpaired) electrons. The van der Waals surface area contributed by atoms with Gasteiger partial charge in [0, 0.05) is 39.1 Å². The first-order valence-corrected chi connectivity index (χ1v) is 9.50. The number of methoxy groups -OCH3 is 1. The zero-order chi connectivity index (χ0) is 17.6. The fourth-order valence-electron chi connectivity index (χ4n) is 4.30. The molecular weight excluding hydrogens is 316 g/mol. The van der Waals surface area contributed by atoms with Crippen LogP contribution in [0, 0.1) is 5.92 Å². The van der Waals surface area contributed by atoms with Crippen LogP contribution >= 0.6 is 0 Å². The summed E-state index contributed by atoms with van der Waals surface area (Å²) in [5, 5.41) is 3.45. The van der Waals surface area contributed by atoms with Gasteiger partial charge in [0.1, 0.15) is 0 Å². The second-order valence-corrected chi connectivity index (χ2v) is 7.13. The van der Waals surface area contributed by atoms with Crippen molar-refractivity contribution in [2.45, 2.75) is 45.1 Å². The Morgan fingerprint density at radius 2 is 1.88 bits per heavy atom. The van der Waals surface area contributed by atoms with Gasteiger partial charge in [0.2, 0.25) is 0 Å². The number of hydrogen-bond donors (Lipinski definition) is 1. The summed E-state index contributed by atoms with van der Waals surface area (Å²) in [6.07, 6.45) is 6.61. The number of nitrogens with zero attached hydrogens (tertiary/aromatic N) is 1. The molecule has 2 aliphatic rings. The minimum Gasteiger partial charge on any atom is -0.493 e. The van der Waals surface area contributed by atoms with Crippen LogP contribution in [0.1, 0.15) is 50.6 Å². The molecule has 0 spiro atoms. The largest absolute Gasteiger partial charge is 0.493 e. The Hall–Kier alpha value is -1.59. The highest BCUT2D eigenvalue weighted by Gasteiger charge is 2.31. The van der Waals surface area contributed by atoms with E-state index in [0.29, 0.717) is 23.5 Å². The molecule has 1 aromatic rings. The quantitative estimate of drug-likeness (QED) is 0.656. The van der Waals surface area contributed by atoms with Crippen molar-refractivity contribution < 1.29 is 14.3 Å². The van der Waals surface area contributed by atoms with Crippen molar-refractivity contribution in [3.63, 3.8) is 0 Å². The van der Waals surface area contributed by atoms with Crippen LogP contribution in [0.3, 0.4) is 0 Å². The maximum Gasteiger partial charge on any atom is 0.308 e. The van der Waals surface area contributed by atoms with Crippen LogP contribution in [-0.4, -0.2) is 44.2 Å². The van der Waals surface area contributed by atoms with E-state index in [4.69, 9.17) is 9.47 Å². The SMILES string of the molecule is COc1cc([C@H](C2CCCCC2)N2CCNCC2)ccc1OC(C)=O. The number of hydrogen-bond acceptors (Lipinski definition) is 5. The van der Waals surface area contributed by atoms with E-state index in [1.807, 2.05) is 6.07 Å². The molecule has 0 bridgehead atoms. The highest BCUT2D eigenvalue weighted by Crippen LogP contribution is 2.41. The number of ether oxygens (including phenoxy) is 2. The molecule has 5 nitrogen and oxygen atoms in total. The average Bonchev–Trinajstić information content (AvgIpc) is 2.64. The molecule has 5 heteroatoms. The third-order valence-electron chi connectivity index (χ3n) is 5.42. The van der Waals surface area contributed by atoms with Crippen molar-refractivity contribution >= 4 is 5.97 Å². The van der Waals surface area contributed by atoms with Gasteiger partial charge in [-0.05, 0) is 36.5 Å². The molecule has 1 saturated heterocycles. The normalized spacial score (nSPS) is 20.9. The molecule has 1 heterocycles. The lowest BCUT2D eigenvalue weighted by molar-refractivity contribution is -0.132. The molecule has 1 N–H and O–H groups in total. The minimum absolute atomic E-state index is 0.322. The van der Waals surface area contributed by atoms with E-state index in [2.05, 4.69) is 22.3 Å². The molecule has 138 valence electrons. The second-order valence-electron chi connectivity index (χ2n) is 7.13. The lowest BCUT2D eigenvalue weighted by atomic mass is 9.80. The van der Waals surface area contributed by atoms with Gasteiger partial charge in [-0.25, -0.2) is 0 Å². The Bertz CT molecular complexity index is 560. The lowest BCUT2D eigenvalue weighted by Gasteiger charge is -2.41. The van der Waals surface area contributed by atoms with Crippen molar-refractivity contribution in [3.05, 3.63) is 23.8 Å². The molecule has 1 aliphatic carbocycles. The maximum absolute atomic E-state index is 11.3. The molecule has 1 saturated carbocycles. The molecule has 1 aliphatic heterocycles.